The number of rotatable bonds is 4. The van der Waals surface area contributed by atoms with E-state index < -0.39 is 0 Å². The van der Waals surface area contributed by atoms with Crippen LogP contribution in [0.2, 0.25) is 0 Å². The summed E-state index contributed by atoms with van der Waals surface area (Å²) in [5, 5.41) is 3.31. The van der Waals surface area contributed by atoms with Crippen molar-refractivity contribution in [2.45, 2.75) is 6.92 Å². The molecule has 0 radical (unpaired) electrons. The van der Waals surface area contributed by atoms with E-state index in [0.717, 1.165) is 38.3 Å². The maximum Gasteiger partial charge on any atom is 0.168 e. The minimum absolute atomic E-state index is 0.0392. The van der Waals surface area contributed by atoms with Gasteiger partial charge in [-0.25, -0.2) is 0 Å². The SMILES string of the molecule is CC(CN1CCNCC1)C(=O)c1cccnc1. The molecule has 17 heavy (non-hydrogen) atoms. The van der Waals surface area contributed by atoms with Crippen molar-refractivity contribution in [3.8, 4) is 0 Å². The Morgan fingerprint density at radius 2 is 2.29 bits per heavy atom. The highest BCUT2D eigenvalue weighted by molar-refractivity contribution is 5.97. The molecule has 1 fully saturated rings. The number of carbonyl (C=O) groups excluding carboxylic acids is 1. The fraction of sp³-hybridized carbons (Fsp3) is 0.538. The van der Waals surface area contributed by atoms with E-state index in [9.17, 15) is 4.79 Å². The van der Waals surface area contributed by atoms with E-state index in [-0.39, 0.29) is 11.7 Å². The van der Waals surface area contributed by atoms with Crippen LogP contribution in [0.1, 0.15) is 17.3 Å². The molecule has 1 aliphatic rings. The number of hydrogen-bond donors (Lipinski definition) is 1. The molecule has 0 saturated carbocycles. The normalized spacial score (nSPS) is 18.9. The third-order valence-electron chi connectivity index (χ3n) is 3.14. The van der Waals surface area contributed by atoms with Crippen LogP contribution in [-0.2, 0) is 0 Å². The molecule has 0 amide bonds. The molecule has 1 aliphatic heterocycles. The summed E-state index contributed by atoms with van der Waals surface area (Å²) in [7, 11) is 0. The molecule has 2 heterocycles. The lowest BCUT2D eigenvalue weighted by Gasteiger charge is -2.29. The van der Waals surface area contributed by atoms with Crippen molar-refractivity contribution in [1.82, 2.24) is 15.2 Å². The number of Topliss-reactive ketones (excluding diaryl/α,β-unsaturated/α-hetero) is 1. The van der Waals surface area contributed by atoms with Crippen molar-refractivity contribution in [3.63, 3.8) is 0 Å². The van der Waals surface area contributed by atoms with Crippen molar-refractivity contribution in [2.75, 3.05) is 32.7 Å². The minimum atomic E-state index is 0.0392. The summed E-state index contributed by atoms with van der Waals surface area (Å²) >= 11 is 0. The van der Waals surface area contributed by atoms with Gasteiger partial charge in [0.05, 0.1) is 0 Å². The Labute approximate surface area is 102 Å². The molecular formula is C13H19N3O. The first-order chi connectivity index (χ1) is 8.27. The van der Waals surface area contributed by atoms with Crippen molar-refractivity contribution in [1.29, 1.82) is 0 Å². The van der Waals surface area contributed by atoms with Gasteiger partial charge in [-0.3, -0.25) is 9.78 Å². The summed E-state index contributed by atoms with van der Waals surface area (Å²) in [6.45, 7) is 6.95. The predicted octanol–water partition coefficient (Wildman–Crippen LogP) is 0.806. The van der Waals surface area contributed by atoms with Crippen LogP contribution in [0.15, 0.2) is 24.5 Å². The number of hydrogen-bond acceptors (Lipinski definition) is 4. The molecule has 0 aliphatic carbocycles. The number of piperazine rings is 1. The highest BCUT2D eigenvalue weighted by Crippen LogP contribution is 2.09. The Morgan fingerprint density at radius 1 is 1.53 bits per heavy atom. The molecule has 0 spiro atoms. The first-order valence-electron chi connectivity index (χ1n) is 6.14. The smallest absolute Gasteiger partial charge is 0.168 e. The van der Waals surface area contributed by atoms with Crippen LogP contribution in [0.5, 0.6) is 0 Å². The molecule has 1 unspecified atom stereocenters. The average molecular weight is 233 g/mol. The van der Waals surface area contributed by atoms with Crippen LogP contribution < -0.4 is 5.32 Å². The molecule has 4 heteroatoms. The molecule has 1 aromatic heterocycles. The lowest BCUT2D eigenvalue weighted by Crippen LogP contribution is -2.45. The standard InChI is InChI=1S/C13H19N3O/c1-11(10-16-7-5-14-6-8-16)13(17)12-3-2-4-15-9-12/h2-4,9,11,14H,5-8,10H2,1H3. The number of nitrogens with zero attached hydrogens (tertiary/aromatic N) is 2. The number of pyridine rings is 1. The molecule has 0 bridgehead atoms. The van der Waals surface area contributed by atoms with E-state index in [2.05, 4.69) is 15.2 Å². The van der Waals surface area contributed by atoms with Gasteiger partial charge in [-0.05, 0) is 12.1 Å². The van der Waals surface area contributed by atoms with Gasteiger partial charge in [0.2, 0.25) is 0 Å². The zero-order chi connectivity index (χ0) is 12.1. The first kappa shape index (κ1) is 12.2. The zero-order valence-corrected chi connectivity index (χ0v) is 10.2. The van der Waals surface area contributed by atoms with Gasteiger partial charge in [-0.15, -0.1) is 0 Å². The molecule has 2 rings (SSSR count). The molecular weight excluding hydrogens is 214 g/mol. The van der Waals surface area contributed by atoms with Gasteiger partial charge in [0, 0.05) is 56.6 Å². The summed E-state index contributed by atoms with van der Waals surface area (Å²) < 4.78 is 0. The highest BCUT2D eigenvalue weighted by atomic mass is 16.1. The van der Waals surface area contributed by atoms with E-state index in [4.69, 9.17) is 0 Å². The van der Waals surface area contributed by atoms with E-state index >= 15 is 0 Å². The van der Waals surface area contributed by atoms with E-state index in [1.165, 1.54) is 0 Å². The van der Waals surface area contributed by atoms with Crippen LogP contribution in [-0.4, -0.2) is 48.4 Å². The second-order valence-electron chi connectivity index (χ2n) is 4.56. The Bertz CT molecular complexity index is 360. The largest absolute Gasteiger partial charge is 0.314 e. The van der Waals surface area contributed by atoms with Crippen molar-refractivity contribution in [3.05, 3.63) is 30.1 Å². The maximum absolute atomic E-state index is 12.1. The lowest BCUT2D eigenvalue weighted by molar-refractivity contribution is 0.0887. The first-order valence-corrected chi connectivity index (χ1v) is 6.14. The van der Waals surface area contributed by atoms with Gasteiger partial charge in [0.25, 0.3) is 0 Å². The Balaban J connectivity index is 1.91. The molecule has 1 aromatic rings. The van der Waals surface area contributed by atoms with Crippen LogP contribution in [0.4, 0.5) is 0 Å². The summed E-state index contributed by atoms with van der Waals surface area (Å²) in [6, 6.07) is 3.65. The van der Waals surface area contributed by atoms with Gasteiger partial charge in [-0.2, -0.15) is 0 Å². The lowest BCUT2D eigenvalue weighted by atomic mass is 10.00. The minimum Gasteiger partial charge on any atom is -0.314 e. The fourth-order valence-electron chi connectivity index (χ4n) is 2.16. The third-order valence-corrected chi connectivity index (χ3v) is 3.14. The van der Waals surface area contributed by atoms with Crippen molar-refractivity contribution in [2.24, 2.45) is 5.92 Å². The number of carbonyl (C=O) groups is 1. The molecule has 1 N–H and O–H groups in total. The summed E-state index contributed by atoms with van der Waals surface area (Å²) in [5.41, 5.74) is 0.718. The molecule has 0 aromatic carbocycles. The van der Waals surface area contributed by atoms with Gasteiger partial charge >= 0.3 is 0 Å². The Kier molecular flexibility index (Phi) is 4.23. The Hall–Kier alpha value is -1.26. The predicted molar refractivity (Wildman–Crippen MR) is 67.0 cm³/mol. The molecule has 4 nitrogen and oxygen atoms in total. The summed E-state index contributed by atoms with van der Waals surface area (Å²) in [5.74, 6) is 0.230. The highest BCUT2D eigenvalue weighted by Gasteiger charge is 2.19. The van der Waals surface area contributed by atoms with Crippen LogP contribution in [0.3, 0.4) is 0 Å². The quantitative estimate of drug-likeness (QED) is 0.782. The fourth-order valence-corrected chi connectivity index (χ4v) is 2.16. The summed E-state index contributed by atoms with van der Waals surface area (Å²) in [6.07, 6.45) is 3.34. The number of aromatic nitrogens is 1. The average Bonchev–Trinajstić information content (AvgIpc) is 2.40. The van der Waals surface area contributed by atoms with Crippen LogP contribution in [0.25, 0.3) is 0 Å². The second-order valence-corrected chi connectivity index (χ2v) is 4.56. The Morgan fingerprint density at radius 3 is 2.94 bits per heavy atom. The molecule has 1 saturated heterocycles. The third kappa shape index (κ3) is 3.35. The molecule has 92 valence electrons. The number of nitrogens with one attached hydrogen (secondary N) is 1. The maximum atomic E-state index is 12.1. The van der Waals surface area contributed by atoms with Crippen LogP contribution >= 0.6 is 0 Å². The number of ketones is 1. The van der Waals surface area contributed by atoms with E-state index in [1.807, 2.05) is 19.1 Å². The van der Waals surface area contributed by atoms with Crippen molar-refractivity contribution >= 4 is 5.78 Å². The van der Waals surface area contributed by atoms with E-state index in [0.29, 0.717) is 0 Å². The summed E-state index contributed by atoms with van der Waals surface area (Å²) in [4.78, 5) is 18.5. The van der Waals surface area contributed by atoms with Gasteiger partial charge in [0.15, 0.2) is 5.78 Å². The zero-order valence-electron chi connectivity index (χ0n) is 10.2. The van der Waals surface area contributed by atoms with Gasteiger partial charge in [0.1, 0.15) is 0 Å². The van der Waals surface area contributed by atoms with Crippen molar-refractivity contribution < 1.29 is 4.79 Å². The second kappa shape index (κ2) is 5.89. The van der Waals surface area contributed by atoms with Gasteiger partial charge in [-0.1, -0.05) is 6.92 Å². The van der Waals surface area contributed by atoms with Crippen LogP contribution in [0, 0.1) is 5.92 Å². The monoisotopic (exact) mass is 233 g/mol. The topological polar surface area (TPSA) is 45.2 Å². The van der Waals surface area contributed by atoms with E-state index in [1.54, 1.807) is 12.4 Å². The molecule has 1 atom stereocenters. The van der Waals surface area contributed by atoms with Gasteiger partial charge < -0.3 is 10.2 Å².